The highest BCUT2D eigenvalue weighted by atomic mass is 35.5. The molecule has 0 bridgehead atoms. The maximum Gasteiger partial charge on any atom is 0.238 e. The first-order valence-corrected chi connectivity index (χ1v) is 13.3. The molecule has 2 amide bonds. The maximum absolute atomic E-state index is 14.5. The molecular formula is C29H25Cl2FN2O4. The van der Waals surface area contributed by atoms with Crippen molar-refractivity contribution in [1.82, 2.24) is 5.32 Å². The van der Waals surface area contributed by atoms with E-state index in [2.05, 4.69) is 10.6 Å². The van der Waals surface area contributed by atoms with E-state index in [4.69, 9.17) is 32.7 Å². The molecule has 0 aromatic heterocycles. The SMILES string of the molecule is O=C1CC(c2cccc(F)c2)C2(C(=O)Nc3cc(Cl)ccc32)C(c2cc(Cl)ccc2OC2CCOCC2)N1. The highest BCUT2D eigenvalue weighted by Gasteiger charge is 2.61. The molecule has 2 fully saturated rings. The molecule has 3 unspecified atom stereocenters. The number of hydrogen-bond donors (Lipinski definition) is 2. The second-order valence-electron chi connectivity index (χ2n) is 9.94. The monoisotopic (exact) mass is 554 g/mol. The summed E-state index contributed by atoms with van der Waals surface area (Å²) < 4.78 is 26.4. The van der Waals surface area contributed by atoms with Gasteiger partial charge in [0.15, 0.2) is 0 Å². The van der Waals surface area contributed by atoms with Crippen LogP contribution in [-0.2, 0) is 19.7 Å². The minimum atomic E-state index is -1.32. The van der Waals surface area contributed by atoms with Gasteiger partial charge in [0, 0.05) is 46.5 Å². The number of benzene rings is 3. The van der Waals surface area contributed by atoms with Gasteiger partial charge in [0.05, 0.1) is 19.3 Å². The van der Waals surface area contributed by atoms with Crippen LogP contribution < -0.4 is 15.4 Å². The van der Waals surface area contributed by atoms with Crippen molar-refractivity contribution >= 4 is 40.7 Å². The molecule has 9 heteroatoms. The molecule has 38 heavy (non-hydrogen) atoms. The lowest BCUT2D eigenvalue weighted by molar-refractivity contribution is -0.131. The molecular weight excluding hydrogens is 530 g/mol. The molecule has 2 saturated heterocycles. The Bertz CT molecular complexity index is 1430. The number of piperidine rings is 1. The summed E-state index contributed by atoms with van der Waals surface area (Å²) in [6.45, 7) is 1.19. The average molecular weight is 555 g/mol. The van der Waals surface area contributed by atoms with E-state index in [1.165, 1.54) is 12.1 Å². The molecule has 3 aromatic rings. The van der Waals surface area contributed by atoms with Gasteiger partial charge in [-0.25, -0.2) is 4.39 Å². The van der Waals surface area contributed by atoms with Crippen molar-refractivity contribution in [2.45, 2.75) is 42.7 Å². The van der Waals surface area contributed by atoms with Crippen molar-refractivity contribution in [2.24, 2.45) is 0 Å². The Morgan fingerprint density at radius 3 is 2.53 bits per heavy atom. The number of amides is 2. The normalized spacial score (nSPS) is 25.1. The van der Waals surface area contributed by atoms with E-state index in [1.807, 2.05) is 0 Å². The first kappa shape index (κ1) is 25.2. The van der Waals surface area contributed by atoms with Crippen LogP contribution in [0, 0.1) is 5.82 Å². The standard InChI is InChI=1S/C29H25Cl2FN2O4/c30-17-5-7-25(38-20-8-10-37-11-9-20)21(13-17)27-29(22-6-4-18(31)14-24(22)33-28(29)36)23(15-26(35)34-27)16-2-1-3-19(32)12-16/h1-7,12-14,20,23,27H,8-11,15H2,(H,33,36)(H,34,35). The predicted octanol–water partition coefficient (Wildman–Crippen LogP) is 5.93. The van der Waals surface area contributed by atoms with Crippen LogP contribution in [0.25, 0.3) is 0 Å². The van der Waals surface area contributed by atoms with Gasteiger partial charge in [0.25, 0.3) is 0 Å². The highest BCUT2D eigenvalue weighted by Crippen LogP contribution is 2.58. The third-order valence-electron chi connectivity index (χ3n) is 7.75. The fraction of sp³-hybridized carbons (Fsp3) is 0.310. The zero-order valence-electron chi connectivity index (χ0n) is 20.3. The number of rotatable bonds is 4. The molecule has 196 valence electrons. The van der Waals surface area contributed by atoms with Crippen LogP contribution in [0.2, 0.25) is 10.0 Å². The van der Waals surface area contributed by atoms with Crippen LogP contribution >= 0.6 is 23.2 Å². The van der Waals surface area contributed by atoms with Crippen molar-refractivity contribution in [1.29, 1.82) is 0 Å². The number of hydrogen-bond acceptors (Lipinski definition) is 4. The van der Waals surface area contributed by atoms with Gasteiger partial charge < -0.3 is 20.1 Å². The largest absolute Gasteiger partial charge is 0.490 e. The highest BCUT2D eigenvalue weighted by molar-refractivity contribution is 6.31. The number of anilines is 1. The van der Waals surface area contributed by atoms with Crippen molar-refractivity contribution in [3.8, 4) is 5.75 Å². The summed E-state index contributed by atoms with van der Waals surface area (Å²) in [7, 11) is 0. The van der Waals surface area contributed by atoms with Crippen molar-refractivity contribution in [3.63, 3.8) is 0 Å². The minimum Gasteiger partial charge on any atom is -0.490 e. The van der Waals surface area contributed by atoms with Crippen LogP contribution in [0.3, 0.4) is 0 Å². The van der Waals surface area contributed by atoms with Crippen LogP contribution in [0.1, 0.15) is 47.9 Å². The molecule has 1 spiro atoms. The van der Waals surface area contributed by atoms with E-state index >= 15 is 0 Å². The van der Waals surface area contributed by atoms with Crippen LogP contribution in [-0.4, -0.2) is 31.1 Å². The van der Waals surface area contributed by atoms with Gasteiger partial charge in [-0.05, 0) is 53.6 Å². The van der Waals surface area contributed by atoms with Gasteiger partial charge in [-0.1, -0.05) is 41.4 Å². The lowest BCUT2D eigenvalue weighted by Gasteiger charge is -2.46. The average Bonchev–Trinajstić information content (AvgIpc) is 3.18. The molecule has 3 atom stereocenters. The molecule has 3 aliphatic heterocycles. The Morgan fingerprint density at radius 2 is 1.74 bits per heavy atom. The Labute approximate surface area is 229 Å². The fourth-order valence-electron chi connectivity index (χ4n) is 6.10. The lowest BCUT2D eigenvalue weighted by atomic mass is 9.59. The zero-order valence-corrected chi connectivity index (χ0v) is 21.8. The first-order chi connectivity index (χ1) is 18.4. The predicted molar refractivity (Wildman–Crippen MR) is 142 cm³/mol. The van der Waals surface area contributed by atoms with Gasteiger partial charge >= 0.3 is 0 Å². The van der Waals surface area contributed by atoms with Crippen molar-refractivity contribution in [3.05, 3.63) is 93.2 Å². The first-order valence-electron chi connectivity index (χ1n) is 12.6. The summed E-state index contributed by atoms with van der Waals surface area (Å²) in [5, 5.41) is 6.97. The molecule has 2 N–H and O–H groups in total. The number of fused-ring (bicyclic) bond motifs is 2. The summed E-state index contributed by atoms with van der Waals surface area (Å²) in [6, 6.07) is 15.7. The summed E-state index contributed by atoms with van der Waals surface area (Å²) >= 11 is 12.8. The molecule has 6 nitrogen and oxygen atoms in total. The smallest absolute Gasteiger partial charge is 0.238 e. The molecule has 6 rings (SSSR count). The Hall–Kier alpha value is -3.13. The topological polar surface area (TPSA) is 76.7 Å². The van der Waals surface area contributed by atoms with Crippen LogP contribution in [0.4, 0.5) is 10.1 Å². The molecule has 0 saturated carbocycles. The van der Waals surface area contributed by atoms with Gasteiger partial charge in [-0.3, -0.25) is 9.59 Å². The number of nitrogens with one attached hydrogen (secondary N) is 2. The second kappa shape index (κ2) is 9.88. The molecule has 3 aliphatic rings. The number of halogens is 3. The zero-order chi connectivity index (χ0) is 26.4. The van der Waals surface area contributed by atoms with Crippen LogP contribution in [0.15, 0.2) is 60.7 Å². The Kier molecular flexibility index (Phi) is 6.54. The summed E-state index contributed by atoms with van der Waals surface area (Å²) in [5.41, 5.74) is 1.04. The summed E-state index contributed by atoms with van der Waals surface area (Å²) in [5.74, 6) is -1.16. The Morgan fingerprint density at radius 1 is 0.974 bits per heavy atom. The lowest BCUT2D eigenvalue weighted by Crippen LogP contribution is -2.57. The minimum absolute atomic E-state index is 0.00778. The molecule has 3 aromatic carbocycles. The van der Waals surface area contributed by atoms with E-state index in [9.17, 15) is 14.0 Å². The van der Waals surface area contributed by atoms with E-state index in [1.54, 1.807) is 48.5 Å². The fourth-order valence-corrected chi connectivity index (χ4v) is 6.45. The summed E-state index contributed by atoms with van der Waals surface area (Å²) in [4.78, 5) is 27.4. The summed E-state index contributed by atoms with van der Waals surface area (Å²) in [6.07, 6.45) is 1.35. The van der Waals surface area contributed by atoms with E-state index in [0.717, 1.165) is 12.8 Å². The van der Waals surface area contributed by atoms with E-state index in [0.29, 0.717) is 51.4 Å². The van der Waals surface area contributed by atoms with E-state index < -0.39 is 23.2 Å². The number of carbonyl (C=O) groups is 2. The van der Waals surface area contributed by atoms with Crippen molar-refractivity contribution in [2.75, 3.05) is 18.5 Å². The van der Waals surface area contributed by atoms with Gasteiger partial charge in [0.2, 0.25) is 11.8 Å². The Balaban J connectivity index is 1.57. The van der Waals surface area contributed by atoms with Gasteiger partial charge in [-0.2, -0.15) is 0 Å². The van der Waals surface area contributed by atoms with Gasteiger partial charge in [0.1, 0.15) is 23.1 Å². The van der Waals surface area contributed by atoms with Crippen LogP contribution in [0.5, 0.6) is 5.75 Å². The quantitative estimate of drug-likeness (QED) is 0.419. The molecule has 3 heterocycles. The third kappa shape index (κ3) is 4.23. The third-order valence-corrected chi connectivity index (χ3v) is 8.22. The second-order valence-corrected chi connectivity index (χ2v) is 10.8. The van der Waals surface area contributed by atoms with Gasteiger partial charge in [-0.15, -0.1) is 0 Å². The van der Waals surface area contributed by atoms with E-state index in [-0.39, 0.29) is 24.3 Å². The number of carbonyl (C=O) groups excluding carboxylic acids is 2. The van der Waals surface area contributed by atoms with Crippen molar-refractivity contribution < 1.29 is 23.5 Å². The maximum atomic E-state index is 14.5. The molecule has 0 aliphatic carbocycles. The molecule has 0 radical (unpaired) electrons. The number of ether oxygens (including phenoxy) is 2.